The van der Waals surface area contributed by atoms with Crippen molar-refractivity contribution in [1.29, 1.82) is 0 Å². The van der Waals surface area contributed by atoms with Crippen LogP contribution in [0.2, 0.25) is 5.02 Å². The maximum Gasteiger partial charge on any atom is 0.232 e. The summed E-state index contributed by atoms with van der Waals surface area (Å²) in [5.74, 6) is 2.02. The van der Waals surface area contributed by atoms with Crippen molar-refractivity contribution in [2.75, 3.05) is 45.4 Å². The van der Waals surface area contributed by atoms with Gasteiger partial charge in [-0.3, -0.25) is 9.69 Å². The van der Waals surface area contributed by atoms with Crippen molar-refractivity contribution in [2.24, 2.45) is 0 Å². The van der Waals surface area contributed by atoms with E-state index < -0.39 is 0 Å². The summed E-state index contributed by atoms with van der Waals surface area (Å²) in [6.07, 6.45) is 1.13. The Morgan fingerprint density at radius 2 is 1.61 bits per heavy atom. The zero-order valence-corrected chi connectivity index (χ0v) is 23.7. The molecule has 1 unspecified atom stereocenters. The average molecular weight is 537 g/mol. The van der Waals surface area contributed by atoms with E-state index in [9.17, 15) is 4.79 Å². The van der Waals surface area contributed by atoms with Gasteiger partial charge in [0.1, 0.15) is 5.75 Å². The summed E-state index contributed by atoms with van der Waals surface area (Å²) in [6.45, 7) is 8.43. The third-order valence-corrected chi connectivity index (χ3v) is 6.79. The minimum absolute atomic E-state index is 0.00828. The fourth-order valence-electron chi connectivity index (χ4n) is 4.84. The van der Waals surface area contributed by atoms with Gasteiger partial charge in [-0.05, 0) is 99.9 Å². The van der Waals surface area contributed by atoms with Crippen molar-refractivity contribution in [3.63, 3.8) is 0 Å². The summed E-state index contributed by atoms with van der Waals surface area (Å²) in [5, 5.41) is 0.643. The molecular formula is C31H37ClN2O4. The Kier molecular flexibility index (Phi) is 9.18. The summed E-state index contributed by atoms with van der Waals surface area (Å²) in [6, 6.07) is 17.3. The number of ether oxygens (including phenoxy) is 3. The van der Waals surface area contributed by atoms with Crippen LogP contribution in [0.3, 0.4) is 0 Å². The molecule has 0 radical (unpaired) electrons. The van der Waals surface area contributed by atoms with Gasteiger partial charge in [-0.1, -0.05) is 29.8 Å². The molecule has 6 nitrogen and oxygen atoms in total. The lowest BCUT2D eigenvalue weighted by Gasteiger charge is -2.39. The highest BCUT2D eigenvalue weighted by molar-refractivity contribution is 6.30. The summed E-state index contributed by atoms with van der Waals surface area (Å²) >= 11 is 6.25. The SMILES string of the molecule is CCOc1cc2c(cc1OCC)C(c1ccc(Cl)cc1)N(c1ccc(C)cc1OCCCN(C)C)C(=O)C2. The van der Waals surface area contributed by atoms with Gasteiger partial charge in [-0.25, -0.2) is 0 Å². The molecule has 1 heterocycles. The molecule has 0 spiro atoms. The third-order valence-electron chi connectivity index (χ3n) is 6.54. The fraction of sp³-hybridized carbons (Fsp3) is 0.387. The van der Waals surface area contributed by atoms with Crippen molar-refractivity contribution < 1.29 is 19.0 Å². The van der Waals surface area contributed by atoms with E-state index in [1.807, 2.05) is 94.4 Å². The van der Waals surface area contributed by atoms with Crippen molar-refractivity contribution in [2.45, 2.75) is 39.7 Å². The molecule has 38 heavy (non-hydrogen) atoms. The normalized spacial score (nSPS) is 15.0. The van der Waals surface area contributed by atoms with Gasteiger partial charge in [0.25, 0.3) is 0 Å². The molecule has 3 aromatic carbocycles. The fourth-order valence-corrected chi connectivity index (χ4v) is 4.97. The van der Waals surface area contributed by atoms with Crippen LogP contribution in [0.5, 0.6) is 17.2 Å². The van der Waals surface area contributed by atoms with Crippen LogP contribution in [0.25, 0.3) is 0 Å². The summed E-state index contributed by atoms with van der Waals surface area (Å²) in [5.41, 5.74) is 4.71. The molecule has 4 rings (SSSR count). The van der Waals surface area contributed by atoms with Crippen LogP contribution < -0.4 is 19.1 Å². The predicted molar refractivity (Wildman–Crippen MR) is 153 cm³/mol. The molecular weight excluding hydrogens is 500 g/mol. The maximum absolute atomic E-state index is 13.9. The predicted octanol–water partition coefficient (Wildman–Crippen LogP) is 6.46. The van der Waals surface area contributed by atoms with Crippen LogP contribution in [0.4, 0.5) is 5.69 Å². The molecule has 0 aromatic heterocycles. The van der Waals surface area contributed by atoms with E-state index in [0.717, 1.165) is 40.9 Å². The molecule has 0 bridgehead atoms. The van der Waals surface area contributed by atoms with E-state index >= 15 is 0 Å². The Balaban J connectivity index is 1.84. The molecule has 202 valence electrons. The zero-order chi connectivity index (χ0) is 27.2. The number of carbonyl (C=O) groups is 1. The van der Waals surface area contributed by atoms with E-state index in [0.29, 0.717) is 42.1 Å². The Morgan fingerprint density at radius 1 is 0.921 bits per heavy atom. The molecule has 0 aliphatic carbocycles. The number of hydrogen-bond acceptors (Lipinski definition) is 5. The number of anilines is 1. The number of rotatable bonds is 11. The molecule has 7 heteroatoms. The lowest BCUT2D eigenvalue weighted by Crippen LogP contribution is -2.41. The van der Waals surface area contributed by atoms with E-state index in [-0.39, 0.29) is 18.4 Å². The van der Waals surface area contributed by atoms with Gasteiger partial charge in [0, 0.05) is 11.6 Å². The summed E-state index contributed by atoms with van der Waals surface area (Å²) in [4.78, 5) is 17.9. The molecule has 3 aromatic rings. The Bertz CT molecular complexity index is 1260. The number of aryl methyl sites for hydroxylation is 1. The first kappa shape index (κ1) is 27.8. The quantitative estimate of drug-likeness (QED) is 0.263. The second-order valence-corrected chi connectivity index (χ2v) is 10.2. The third kappa shape index (κ3) is 6.25. The van der Waals surface area contributed by atoms with Crippen molar-refractivity contribution in [1.82, 2.24) is 4.90 Å². The Morgan fingerprint density at radius 3 is 2.26 bits per heavy atom. The first-order valence-corrected chi connectivity index (χ1v) is 13.6. The van der Waals surface area contributed by atoms with Gasteiger partial charge in [0.15, 0.2) is 11.5 Å². The smallest absolute Gasteiger partial charge is 0.232 e. The number of amides is 1. The summed E-state index contributed by atoms with van der Waals surface area (Å²) in [7, 11) is 4.10. The second kappa shape index (κ2) is 12.5. The van der Waals surface area contributed by atoms with Gasteiger partial charge in [-0.2, -0.15) is 0 Å². The van der Waals surface area contributed by atoms with Crippen LogP contribution in [-0.2, 0) is 11.2 Å². The molecule has 0 fully saturated rings. The molecule has 0 N–H and O–H groups in total. The van der Waals surface area contributed by atoms with Crippen molar-refractivity contribution >= 4 is 23.2 Å². The minimum Gasteiger partial charge on any atom is -0.491 e. The molecule has 1 aliphatic rings. The zero-order valence-electron chi connectivity index (χ0n) is 22.9. The van der Waals surface area contributed by atoms with Crippen LogP contribution in [-0.4, -0.2) is 51.3 Å². The van der Waals surface area contributed by atoms with Crippen LogP contribution in [0, 0.1) is 6.92 Å². The number of carbonyl (C=O) groups excluding carboxylic acids is 1. The number of fused-ring (bicyclic) bond motifs is 1. The van der Waals surface area contributed by atoms with Crippen LogP contribution in [0.15, 0.2) is 54.6 Å². The van der Waals surface area contributed by atoms with E-state index in [1.165, 1.54) is 0 Å². The number of benzene rings is 3. The number of hydrogen-bond donors (Lipinski definition) is 0. The van der Waals surface area contributed by atoms with Gasteiger partial charge >= 0.3 is 0 Å². The highest BCUT2D eigenvalue weighted by Crippen LogP contribution is 2.46. The highest BCUT2D eigenvalue weighted by atomic mass is 35.5. The van der Waals surface area contributed by atoms with Crippen molar-refractivity contribution in [3.8, 4) is 17.2 Å². The highest BCUT2D eigenvalue weighted by Gasteiger charge is 2.37. The first-order chi connectivity index (χ1) is 18.3. The van der Waals surface area contributed by atoms with Gasteiger partial charge < -0.3 is 19.1 Å². The molecule has 1 amide bonds. The first-order valence-electron chi connectivity index (χ1n) is 13.2. The van der Waals surface area contributed by atoms with Gasteiger partial charge in [0.2, 0.25) is 5.91 Å². The lowest BCUT2D eigenvalue weighted by atomic mass is 9.86. The standard InChI is InChI=1S/C31H37ClN2O4/c1-6-36-28-18-23-19-30(35)34(26-14-9-21(3)17-27(26)38-16-8-15-33(4)5)31(22-10-12-24(32)13-11-22)25(23)20-29(28)37-7-2/h9-14,17-18,20,31H,6-8,15-16,19H2,1-5H3. The van der Waals surface area contributed by atoms with Crippen molar-refractivity contribution in [3.05, 3.63) is 81.9 Å². The Hall–Kier alpha value is -3.22. The lowest BCUT2D eigenvalue weighted by molar-refractivity contribution is -0.118. The molecule has 1 aliphatic heterocycles. The molecule has 1 atom stereocenters. The molecule has 0 saturated heterocycles. The minimum atomic E-state index is -0.384. The average Bonchev–Trinajstić information content (AvgIpc) is 2.88. The van der Waals surface area contributed by atoms with E-state index in [1.54, 1.807) is 0 Å². The monoisotopic (exact) mass is 536 g/mol. The van der Waals surface area contributed by atoms with Crippen LogP contribution >= 0.6 is 11.6 Å². The van der Waals surface area contributed by atoms with E-state index in [4.69, 9.17) is 25.8 Å². The Labute approximate surface area is 231 Å². The van der Waals surface area contributed by atoms with Crippen LogP contribution in [0.1, 0.15) is 48.6 Å². The maximum atomic E-state index is 13.9. The largest absolute Gasteiger partial charge is 0.491 e. The topological polar surface area (TPSA) is 51.2 Å². The summed E-state index contributed by atoms with van der Waals surface area (Å²) < 4.78 is 18.1. The second-order valence-electron chi connectivity index (χ2n) is 9.73. The van der Waals surface area contributed by atoms with Gasteiger partial charge in [0.05, 0.1) is 38.0 Å². The van der Waals surface area contributed by atoms with E-state index in [2.05, 4.69) is 4.90 Å². The molecule has 0 saturated carbocycles. The number of nitrogens with zero attached hydrogens (tertiary/aromatic N) is 2. The van der Waals surface area contributed by atoms with Gasteiger partial charge in [-0.15, -0.1) is 0 Å². The number of halogens is 1.